The van der Waals surface area contributed by atoms with E-state index in [2.05, 4.69) is 5.32 Å². The van der Waals surface area contributed by atoms with Crippen molar-refractivity contribution in [3.8, 4) is 0 Å². The molecule has 0 saturated carbocycles. The number of rotatable bonds is 2. The van der Waals surface area contributed by atoms with Crippen LogP contribution in [0.1, 0.15) is 20.8 Å². The highest BCUT2D eigenvalue weighted by atomic mass is 32.2. The van der Waals surface area contributed by atoms with E-state index in [1.165, 1.54) is 11.8 Å². The monoisotopic (exact) mass is 233 g/mol. The zero-order chi connectivity index (χ0) is 11.6. The molecular weight excluding hydrogens is 218 g/mol. The van der Waals surface area contributed by atoms with Gasteiger partial charge in [-0.15, -0.1) is 11.8 Å². The number of carboxylic acid groups (broad SMARTS) is 1. The predicted octanol–water partition coefficient (Wildman–Crippen LogP) is 0.444. The van der Waals surface area contributed by atoms with Gasteiger partial charge in [0.1, 0.15) is 11.6 Å². The molecule has 1 fully saturated rings. The highest BCUT2D eigenvalue weighted by molar-refractivity contribution is 8.00. The molecule has 86 valence electrons. The molecule has 0 spiro atoms. The summed E-state index contributed by atoms with van der Waals surface area (Å²) in [4.78, 5) is 22.2. The maximum atomic E-state index is 11.5. The Kier molecular flexibility index (Phi) is 3.62. The Labute approximate surface area is 92.6 Å². The van der Waals surface area contributed by atoms with Gasteiger partial charge in [-0.3, -0.25) is 10.1 Å². The van der Waals surface area contributed by atoms with Gasteiger partial charge in [0.15, 0.2) is 5.37 Å². The maximum Gasteiger partial charge on any atom is 0.334 e. The van der Waals surface area contributed by atoms with Crippen molar-refractivity contribution in [2.45, 2.75) is 37.8 Å². The summed E-state index contributed by atoms with van der Waals surface area (Å²) in [7, 11) is 0. The first kappa shape index (κ1) is 12.3. The molecule has 0 amide bonds. The molecule has 1 aliphatic rings. The first-order valence-electron chi connectivity index (χ1n) is 4.63. The van der Waals surface area contributed by atoms with E-state index in [-0.39, 0.29) is 0 Å². The summed E-state index contributed by atoms with van der Waals surface area (Å²) < 4.78 is 5.13. The van der Waals surface area contributed by atoms with Crippen LogP contribution >= 0.6 is 11.8 Å². The van der Waals surface area contributed by atoms with Crippen molar-refractivity contribution >= 4 is 23.7 Å². The first-order valence-corrected chi connectivity index (χ1v) is 5.68. The number of aliphatic carboxylic acids is 1. The maximum absolute atomic E-state index is 11.5. The van der Waals surface area contributed by atoms with Crippen LogP contribution in [0.5, 0.6) is 0 Å². The van der Waals surface area contributed by atoms with Gasteiger partial charge in [-0.2, -0.15) is 0 Å². The lowest BCUT2D eigenvalue weighted by Gasteiger charge is -2.21. The zero-order valence-corrected chi connectivity index (χ0v) is 9.76. The van der Waals surface area contributed by atoms with Crippen molar-refractivity contribution in [2.24, 2.45) is 0 Å². The minimum atomic E-state index is -0.937. The van der Waals surface area contributed by atoms with Crippen LogP contribution in [0.4, 0.5) is 0 Å². The molecule has 0 radical (unpaired) electrons. The Balaban J connectivity index is 2.47. The van der Waals surface area contributed by atoms with Crippen LogP contribution in [0.3, 0.4) is 0 Å². The van der Waals surface area contributed by atoms with Crippen molar-refractivity contribution in [2.75, 3.05) is 5.75 Å². The SMILES string of the molecule is CC(C)(C)OC(=O)[C@H]1NC(C(=O)O)CS1. The predicted molar refractivity (Wildman–Crippen MR) is 56.7 cm³/mol. The molecule has 1 saturated heterocycles. The molecule has 6 heteroatoms. The third kappa shape index (κ3) is 3.71. The Morgan fingerprint density at radius 3 is 2.47 bits per heavy atom. The molecule has 5 nitrogen and oxygen atoms in total. The normalized spacial score (nSPS) is 26.3. The molecule has 0 aromatic heterocycles. The minimum absolute atomic E-state index is 0.388. The van der Waals surface area contributed by atoms with Crippen molar-refractivity contribution in [3.63, 3.8) is 0 Å². The standard InChI is InChI=1S/C9H15NO4S/c1-9(2,3)14-8(13)6-10-5(4-15-6)7(11)12/h5-6,10H,4H2,1-3H3,(H,11,12)/t5?,6-/m0/s1. The van der Waals surface area contributed by atoms with Crippen LogP contribution in [0.15, 0.2) is 0 Å². The number of carbonyl (C=O) groups excluding carboxylic acids is 1. The average Bonchev–Trinajstić information content (AvgIpc) is 2.47. The number of thioether (sulfide) groups is 1. The Morgan fingerprint density at radius 2 is 2.07 bits per heavy atom. The van der Waals surface area contributed by atoms with E-state index in [0.29, 0.717) is 5.75 Å². The summed E-state index contributed by atoms with van der Waals surface area (Å²) in [5, 5.41) is 10.9. The fraction of sp³-hybridized carbons (Fsp3) is 0.778. The summed E-state index contributed by atoms with van der Waals surface area (Å²) in [5.41, 5.74) is -0.541. The molecule has 0 aromatic carbocycles. The summed E-state index contributed by atoms with van der Waals surface area (Å²) in [6.45, 7) is 5.33. The van der Waals surface area contributed by atoms with Crippen molar-refractivity contribution in [3.05, 3.63) is 0 Å². The lowest BCUT2D eigenvalue weighted by Crippen LogP contribution is -2.42. The molecule has 15 heavy (non-hydrogen) atoms. The minimum Gasteiger partial charge on any atom is -0.480 e. The van der Waals surface area contributed by atoms with E-state index in [1.807, 2.05) is 0 Å². The molecule has 1 aliphatic heterocycles. The fourth-order valence-corrected chi connectivity index (χ4v) is 2.17. The fourth-order valence-electron chi connectivity index (χ4n) is 1.11. The number of nitrogens with one attached hydrogen (secondary N) is 1. The van der Waals surface area contributed by atoms with Crippen molar-refractivity contribution < 1.29 is 19.4 Å². The van der Waals surface area contributed by atoms with E-state index in [1.54, 1.807) is 20.8 Å². The molecule has 0 aromatic rings. The van der Waals surface area contributed by atoms with Crippen molar-refractivity contribution in [1.82, 2.24) is 5.32 Å². The van der Waals surface area contributed by atoms with Gasteiger partial charge in [-0.1, -0.05) is 0 Å². The smallest absolute Gasteiger partial charge is 0.334 e. The van der Waals surface area contributed by atoms with E-state index in [9.17, 15) is 9.59 Å². The molecule has 2 atom stereocenters. The van der Waals surface area contributed by atoms with Crippen LogP contribution in [-0.2, 0) is 14.3 Å². The largest absolute Gasteiger partial charge is 0.480 e. The molecular formula is C9H15NO4S. The summed E-state index contributed by atoms with van der Waals surface area (Å²) >= 11 is 1.26. The van der Waals surface area contributed by atoms with Crippen LogP contribution in [0, 0.1) is 0 Å². The van der Waals surface area contributed by atoms with Crippen LogP contribution in [-0.4, -0.2) is 39.8 Å². The van der Waals surface area contributed by atoms with E-state index in [0.717, 1.165) is 0 Å². The molecule has 1 heterocycles. The number of hydrogen-bond acceptors (Lipinski definition) is 5. The van der Waals surface area contributed by atoms with E-state index < -0.39 is 29.0 Å². The number of esters is 1. The van der Waals surface area contributed by atoms with Gasteiger partial charge in [0.2, 0.25) is 0 Å². The zero-order valence-electron chi connectivity index (χ0n) is 8.94. The Morgan fingerprint density at radius 1 is 1.47 bits per heavy atom. The van der Waals surface area contributed by atoms with Gasteiger partial charge >= 0.3 is 11.9 Å². The Bertz CT molecular complexity index is 274. The second-order valence-electron chi connectivity index (χ2n) is 4.30. The Hall–Kier alpha value is -0.750. The molecule has 0 bridgehead atoms. The van der Waals surface area contributed by atoms with Gasteiger partial charge in [-0.05, 0) is 20.8 Å². The number of carbonyl (C=O) groups is 2. The summed E-state index contributed by atoms with van der Waals surface area (Å²) in [6, 6.07) is -0.660. The lowest BCUT2D eigenvalue weighted by molar-refractivity contribution is -0.154. The molecule has 1 unspecified atom stereocenters. The highest BCUT2D eigenvalue weighted by Crippen LogP contribution is 2.22. The van der Waals surface area contributed by atoms with Gasteiger partial charge < -0.3 is 9.84 Å². The quantitative estimate of drug-likeness (QED) is 0.674. The van der Waals surface area contributed by atoms with Crippen LogP contribution in [0.2, 0.25) is 0 Å². The lowest BCUT2D eigenvalue weighted by atomic mass is 10.2. The van der Waals surface area contributed by atoms with Crippen LogP contribution in [0.25, 0.3) is 0 Å². The topological polar surface area (TPSA) is 75.6 Å². The van der Waals surface area contributed by atoms with Gasteiger partial charge in [-0.25, -0.2) is 4.79 Å². The van der Waals surface area contributed by atoms with Gasteiger partial charge in [0.25, 0.3) is 0 Å². The first-order chi connectivity index (χ1) is 6.79. The average molecular weight is 233 g/mol. The number of ether oxygens (including phenoxy) is 1. The van der Waals surface area contributed by atoms with Gasteiger partial charge in [0, 0.05) is 5.75 Å². The summed E-state index contributed by atoms with van der Waals surface area (Å²) in [6.07, 6.45) is 0. The highest BCUT2D eigenvalue weighted by Gasteiger charge is 2.36. The molecule has 1 rings (SSSR count). The third-order valence-electron chi connectivity index (χ3n) is 1.70. The second kappa shape index (κ2) is 4.40. The van der Waals surface area contributed by atoms with Crippen LogP contribution < -0.4 is 5.32 Å². The number of hydrogen-bond donors (Lipinski definition) is 2. The molecule has 0 aliphatic carbocycles. The van der Waals surface area contributed by atoms with E-state index in [4.69, 9.17) is 9.84 Å². The summed E-state index contributed by atoms with van der Waals surface area (Å²) in [5.74, 6) is -0.955. The third-order valence-corrected chi connectivity index (χ3v) is 2.89. The van der Waals surface area contributed by atoms with E-state index >= 15 is 0 Å². The van der Waals surface area contributed by atoms with Crippen molar-refractivity contribution in [1.29, 1.82) is 0 Å². The molecule has 2 N–H and O–H groups in total. The second-order valence-corrected chi connectivity index (χ2v) is 5.44. The number of carboxylic acids is 1. The van der Waals surface area contributed by atoms with Gasteiger partial charge in [0.05, 0.1) is 0 Å².